The molecule has 4 nitrogen and oxygen atoms in total. The summed E-state index contributed by atoms with van der Waals surface area (Å²) in [5.74, 6) is 1.63. The molecule has 116 valence electrons. The van der Waals surface area contributed by atoms with Crippen LogP contribution in [0, 0.1) is 11.8 Å². The first-order valence-electron chi connectivity index (χ1n) is 7.91. The average Bonchev–Trinajstić information content (AvgIpc) is 3.03. The van der Waals surface area contributed by atoms with Gasteiger partial charge in [-0.3, -0.25) is 4.79 Å². The van der Waals surface area contributed by atoms with Gasteiger partial charge < -0.3 is 10.2 Å². The summed E-state index contributed by atoms with van der Waals surface area (Å²) in [7, 11) is 0. The summed E-state index contributed by atoms with van der Waals surface area (Å²) in [5.41, 5.74) is 0.653. The Morgan fingerprint density at radius 3 is 2.43 bits per heavy atom. The number of carbonyl (C=O) groups excluding carboxylic acids is 1. The Balaban J connectivity index is 1.69. The van der Waals surface area contributed by atoms with E-state index in [1.165, 1.54) is 0 Å². The van der Waals surface area contributed by atoms with Crippen molar-refractivity contribution in [1.29, 1.82) is 0 Å². The van der Waals surface area contributed by atoms with E-state index in [1.54, 1.807) is 11.3 Å². The fourth-order valence-electron chi connectivity index (χ4n) is 3.30. The van der Waals surface area contributed by atoms with Gasteiger partial charge in [-0.05, 0) is 37.8 Å². The van der Waals surface area contributed by atoms with Crippen LogP contribution < -0.4 is 5.32 Å². The number of carbonyl (C=O) groups is 1. The van der Waals surface area contributed by atoms with Crippen molar-refractivity contribution in [2.24, 2.45) is 11.8 Å². The molecule has 0 saturated carbocycles. The highest BCUT2D eigenvalue weighted by Gasteiger charge is 2.32. The van der Waals surface area contributed by atoms with Crippen LogP contribution in [0.2, 0.25) is 0 Å². The van der Waals surface area contributed by atoms with E-state index < -0.39 is 0 Å². The number of fused-ring (bicyclic) bond motifs is 1. The minimum Gasteiger partial charge on any atom is -0.337 e. The van der Waals surface area contributed by atoms with Crippen molar-refractivity contribution >= 4 is 17.2 Å². The maximum absolute atomic E-state index is 12.7. The summed E-state index contributed by atoms with van der Waals surface area (Å²) < 4.78 is 0. The van der Waals surface area contributed by atoms with Crippen molar-refractivity contribution in [3.05, 3.63) is 16.1 Å². The zero-order valence-corrected chi connectivity index (χ0v) is 14.0. The highest BCUT2D eigenvalue weighted by molar-refractivity contribution is 7.10. The number of hydrogen-bond donors (Lipinski definition) is 1. The van der Waals surface area contributed by atoms with Crippen LogP contribution in [0.5, 0.6) is 0 Å². The monoisotopic (exact) mass is 307 g/mol. The number of amides is 1. The van der Waals surface area contributed by atoms with Crippen LogP contribution in [0.3, 0.4) is 0 Å². The van der Waals surface area contributed by atoms with E-state index in [4.69, 9.17) is 0 Å². The second kappa shape index (κ2) is 5.69. The molecule has 2 fully saturated rings. The Kier molecular flexibility index (Phi) is 4.06. The summed E-state index contributed by atoms with van der Waals surface area (Å²) >= 11 is 1.60. The van der Waals surface area contributed by atoms with Crippen molar-refractivity contribution in [2.45, 2.75) is 39.0 Å². The minimum atomic E-state index is 0.0185. The first-order valence-corrected chi connectivity index (χ1v) is 8.79. The third-order valence-electron chi connectivity index (χ3n) is 4.67. The van der Waals surface area contributed by atoms with Gasteiger partial charge in [0.25, 0.3) is 5.91 Å². The first-order chi connectivity index (χ1) is 9.95. The maximum atomic E-state index is 12.7. The SMILES string of the molecule is CC(C)(C)c1nc(C(=O)N2CC[C@@H]3CNC[C@@H]3CC2)cs1. The smallest absolute Gasteiger partial charge is 0.273 e. The lowest BCUT2D eigenvalue weighted by Crippen LogP contribution is -2.33. The zero-order valence-electron chi connectivity index (χ0n) is 13.2. The Morgan fingerprint density at radius 1 is 1.29 bits per heavy atom. The number of likely N-dealkylation sites (tertiary alicyclic amines) is 1. The predicted octanol–water partition coefficient (Wildman–Crippen LogP) is 2.51. The lowest BCUT2D eigenvalue weighted by atomic mass is 9.92. The molecule has 3 rings (SSSR count). The van der Waals surface area contributed by atoms with E-state index in [0.29, 0.717) is 5.69 Å². The summed E-state index contributed by atoms with van der Waals surface area (Å²) in [4.78, 5) is 19.3. The molecular formula is C16H25N3OS. The second-order valence-electron chi connectivity index (χ2n) is 7.34. The maximum Gasteiger partial charge on any atom is 0.273 e. The van der Waals surface area contributed by atoms with Gasteiger partial charge in [-0.2, -0.15) is 0 Å². The topological polar surface area (TPSA) is 45.2 Å². The van der Waals surface area contributed by atoms with E-state index in [2.05, 4.69) is 31.1 Å². The Morgan fingerprint density at radius 2 is 1.90 bits per heavy atom. The third-order valence-corrected chi connectivity index (χ3v) is 5.94. The van der Waals surface area contributed by atoms with Gasteiger partial charge in [0.2, 0.25) is 0 Å². The Labute approximate surface area is 130 Å². The van der Waals surface area contributed by atoms with E-state index in [-0.39, 0.29) is 11.3 Å². The van der Waals surface area contributed by atoms with Gasteiger partial charge in [0.05, 0.1) is 5.01 Å². The van der Waals surface area contributed by atoms with Crippen molar-refractivity contribution in [3.63, 3.8) is 0 Å². The molecule has 0 radical (unpaired) electrons. The predicted molar refractivity (Wildman–Crippen MR) is 85.8 cm³/mol. The third kappa shape index (κ3) is 3.14. The molecule has 0 aromatic carbocycles. The quantitative estimate of drug-likeness (QED) is 0.867. The second-order valence-corrected chi connectivity index (χ2v) is 8.19. The molecule has 0 unspecified atom stereocenters. The number of nitrogens with one attached hydrogen (secondary N) is 1. The van der Waals surface area contributed by atoms with Gasteiger partial charge in [-0.15, -0.1) is 11.3 Å². The number of aromatic nitrogens is 1. The molecule has 0 bridgehead atoms. The average molecular weight is 307 g/mol. The number of nitrogens with zero attached hydrogens (tertiary/aromatic N) is 2. The van der Waals surface area contributed by atoms with Gasteiger partial charge in [-0.25, -0.2) is 4.98 Å². The van der Waals surface area contributed by atoms with Crippen LogP contribution in [0.15, 0.2) is 5.38 Å². The molecule has 1 aromatic heterocycles. The van der Waals surface area contributed by atoms with Gasteiger partial charge in [0.15, 0.2) is 0 Å². The number of hydrogen-bond acceptors (Lipinski definition) is 4. The number of thiazole rings is 1. The summed E-state index contributed by atoms with van der Waals surface area (Å²) in [5, 5.41) is 6.44. The Hall–Kier alpha value is -0.940. The minimum absolute atomic E-state index is 0.0185. The van der Waals surface area contributed by atoms with Crippen LogP contribution in [0.25, 0.3) is 0 Å². The molecule has 21 heavy (non-hydrogen) atoms. The van der Waals surface area contributed by atoms with Crippen LogP contribution in [0.4, 0.5) is 0 Å². The van der Waals surface area contributed by atoms with Crippen LogP contribution in [-0.4, -0.2) is 42.0 Å². The molecule has 5 heteroatoms. The van der Waals surface area contributed by atoms with E-state index >= 15 is 0 Å². The van der Waals surface area contributed by atoms with Crippen molar-refractivity contribution in [3.8, 4) is 0 Å². The summed E-state index contributed by atoms with van der Waals surface area (Å²) in [6, 6.07) is 0. The molecule has 1 N–H and O–H groups in total. The van der Waals surface area contributed by atoms with E-state index in [1.807, 2.05) is 10.3 Å². The van der Waals surface area contributed by atoms with Crippen molar-refractivity contribution < 1.29 is 4.79 Å². The molecular weight excluding hydrogens is 282 g/mol. The highest BCUT2D eigenvalue weighted by atomic mass is 32.1. The molecule has 2 saturated heterocycles. The molecule has 1 amide bonds. The summed E-state index contributed by atoms with van der Waals surface area (Å²) in [6.07, 6.45) is 2.25. The van der Waals surface area contributed by atoms with Gasteiger partial charge >= 0.3 is 0 Å². The molecule has 2 aliphatic rings. The normalized spacial score (nSPS) is 26.5. The lowest BCUT2D eigenvalue weighted by molar-refractivity contribution is 0.0753. The van der Waals surface area contributed by atoms with Gasteiger partial charge in [-0.1, -0.05) is 20.8 Å². The van der Waals surface area contributed by atoms with Crippen LogP contribution in [0.1, 0.15) is 49.1 Å². The summed E-state index contributed by atoms with van der Waals surface area (Å²) in [6.45, 7) is 10.4. The molecule has 2 aliphatic heterocycles. The number of rotatable bonds is 1. The molecule has 2 atom stereocenters. The fraction of sp³-hybridized carbons (Fsp3) is 0.750. The largest absolute Gasteiger partial charge is 0.337 e. The van der Waals surface area contributed by atoms with Crippen molar-refractivity contribution in [1.82, 2.24) is 15.2 Å². The zero-order chi connectivity index (χ0) is 15.0. The van der Waals surface area contributed by atoms with E-state index in [9.17, 15) is 4.79 Å². The Bertz CT molecular complexity index is 506. The first kappa shape index (κ1) is 15.0. The molecule has 3 heterocycles. The molecule has 0 spiro atoms. The molecule has 0 aliphatic carbocycles. The fourth-order valence-corrected chi connectivity index (χ4v) is 4.18. The van der Waals surface area contributed by atoms with Gasteiger partial charge in [0, 0.05) is 23.9 Å². The van der Waals surface area contributed by atoms with E-state index in [0.717, 1.165) is 55.9 Å². The molecule has 1 aromatic rings. The van der Waals surface area contributed by atoms with Gasteiger partial charge in [0.1, 0.15) is 5.69 Å². The van der Waals surface area contributed by atoms with Crippen LogP contribution in [-0.2, 0) is 5.41 Å². The lowest BCUT2D eigenvalue weighted by Gasteiger charge is -2.20. The highest BCUT2D eigenvalue weighted by Crippen LogP contribution is 2.29. The van der Waals surface area contributed by atoms with Crippen molar-refractivity contribution in [2.75, 3.05) is 26.2 Å². The van der Waals surface area contributed by atoms with Crippen LogP contribution >= 0.6 is 11.3 Å². The standard InChI is InChI=1S/C16H25N3OS/c1-16(2,3)15-18-13(10-21-15)14(20)19-6-4-11-8-17-9-12(11)5-7-19/h10-12,17H,4-9H2,1-3H3/t11-,12+.